The molecule has 1 saturated carbocycles. The summed E-state index contributed by atoms with van der Waals surface area (Å²) >= 11 is 0. The van der Waals surface area contributed by atoms with Gasteiger partial charge in [-0.1, -0.05) is 6.07 Å². The third-order valence-corrected chi connectivity index (χ3v) is 5.92. The minimum Gasteiger partial charge on any atom is -0.465 e. The molecule has 1 aliphatic heterocycles. The minimum absolute atomic E-state index is 0.0370. The topological polar surface area (TPSA) is 70.1 Å². The van der Waals surface area contributed by atoms with Gasteiger partial charge < -0.3 is 14.7 Å². The van der Waals surface area contributed by atoms with Gasteiger partial charge in [0, 0.05) is 13.1 Å². The fraction of sp³-hybridized carbons (Fsp3) is 0.579. The number of rotatable bonds is 4. The van der Waals surface area contributed by atoms with E-state index in [1.54, 1.807) is 6.92 Å². The lowest BCUT2D eigenvalue weighted by Crippen LogP contribution is -2.55. The smallest absolute Gasteiger partial charge is 0.419 e. The number of carboxylic acid groups (broad SMARTS) is 1. The Balaban J connectivity index is 2.00. The highest BCUT2D eigenvalue weighted by Crippen LogP contribution is 2.53. The molecule has 1 N–H and O–H groups in total. The van der Waals surface area contributed by atoms with E-state index >= 15 is 0 Å². The molecule has 1 aliphatic carbocycles. The number of methoxy groups -OCH3 is 1. The zero-order chi connectivity index (χ0) is 21.6. The molecule has 2 fully saturated rings. The van der Waals surface area contributed by atoms with Gasteiger partial charge in [-0.15, -0.1) is 0 Å². The molecule has 0 radical (unpaired) electrons. The number of hydrogen-bond donors (Lipinski definition) is 1. The van der Waals surface area contributed by atoms with Gasteiger partial charge in [-0.3, -0.25) is 4.90 Å². The highest BCUT2D eigenvalue weighted by atomic mass is 19.4. The van der Waals surface area contributed by atoms with Crippen LogP contribution < -0.4 is 0 Å². The fourth-order valence-electron chi connectivity index (χ4n) is 4.22. The molecular weight excluding hydrogens is 396 g/mol. The van der Waals surface area contributed by atoms with E-state index < -0.39 is 40.8 Å². The van der Waals surface area contributed by atoms with Crippen molar-refractivity contribution in [1.29, 1.82) is 0 Å². The molecule has 160 valence electrons. The maximum absolute atomic E-state index is 13.7. The summed E-state index contributed by atoms with van der Waals surface area (Å²) in [5.41, 5.74) is -3.23. The lowest BCUT2D eigenvalue weighted by molar-refractivity contribution is -0.140. The Morgan fingerprint density at radius 3 is 2.45 bits per heavy atom. The van der Waals surface area contributed by atoms with Gasteiger partial charge >= 0.3 is 18.4 Å². The Morgan fingerprint density at radius 1 is 1.28 bits per heavy atom. The second-order valence-corrected chi connectivity index (χ2v) is 7.81. The molecule has 1 aromatic carbocycles. The maximum Gasteiger partial charge on any atom is 0.419 e. The third kappa shape index (κ3) is 3.72. The molecule has 10 heteroatoms. The van der Waals surface area contributed by atoms with Crippen LogP contribution in [0.3, 0.4) is 0 Å². The zero-order valence-electron chi connectivity index (χ0n) is 16.1. The number of hydrogen-bond acceptors (Lipinski definition) is 3. The first-order valence-electron chi connectivity index (χ1n) is 9.18. The molecule has 1 atom stereocenters. The Hall–Kier alpha value is -2.52. The Labute approximate surface area is 165 Å². The van der Waals surface area contributed by atoms with Gasteiger partial charge in [0.05, 0.1) is 23.8 Å². The van der Waals surface area contributed by atoms with Crippen LogP contribution in [0.2, 0.25) is 0 Å². The van der Waals surface area contributed by atoms with Crippen molar-refractivity contribution in [2.24, 2.45) is 0 Å². The van der Waals surface area contributed by atoms with Crippen molar-refractivity contribution < 1.29 is 37.0 Å². The van der Waals surface area contributed by atoms with E-state index in [2.05, 4.69) is 0 Å². The van der Waals surface area contributed by atoms with Crippen LogP contribution in [-0.4, -0.2) is 52.8 Å². The van der Waals surface area contributed by atoms with E-state index in [0.29, 0.717) is 32.2 Å². The Kier molecular flexibility index (Phi) is 5.17. The molecule has 0 unspecified atom stereocenters. The van der Waals surface area contributed by atoms with Gasteiger partial charge in [-0.25, -0.2) is 14.0 Å². The molecule has 1 heterocycles. The summed E-state index contributed by atoms with van der Waals surface area (Å²) in [6.45, 7) is 1.97. The molecule has 2 amide bonds. The Morgan fingerprint density at radius 2 is 1.93 bits per heavy atom. The molecule has 0 bridgehead atoms. The van der Waals surface area contributed by atoms with E-state index in [4.69, 9.17) is 4.74 Å². The van der Waals surface area contributed by atoms with Crippen molar-refractivity contribution in [3.63, 3.8) is 0 Å². The molecule has 6 nitrogen and oxygen atoms in total. The number of alkyl halides is 3. The van der Waals surface area contributed by atoms with Crippen LogP contribution in [0, 0.1) is 5.82 Å². The standard InChI is InChI=1S/C19H22F4N2O4/c1-17(6-3-9-24(17)15(26)27)11-25(16(28)29-2)18(7-8-18)12-4-5-14(20)13(10-12)19(21,22)23/h4-5,10H,3,6-9,11H2,1-2H3,(H,26,27)/t17-/m0/s1. The molecule has 1 aromatic rings. The average molecular weight is 418 g/mol. The van der Waals surface area contributed by atoms with Crippen molar-refractivity contribution in [3.05, 3.63) is 35.1 Å². The van der Waals surface area contributed by atoms with Crippen LogP contribution in [0.5, 0.6) is 0 Å². The summed E-state index contributed by atoms with van der Waals surface area (Å²) in [7, 11) is 1.16. The lowest BCUT2D eigenvalue weighted by Gasteiger charge is -2.41. The molecule has 2 aliphatic rings. The summed E-state index contributed by atoms with van der Waals surface area (Å²) in [6, 6.07) is 2.71. The summed E-state index contributed by atoms with van der Waals surface area (Å²) < 4.78 is 58.1. The van der Waals surface area contributed by atoms with Gasteiger partial charge in [-0.2, -0.15) is 13.2 Å². The average Bonchev–Trinajstić information content (AvgIpc) is 3.34. The maximum atomic E-state index is 13.7. The van der Waals surface area contributed by atoms with E-state index in [-0.39, 0.29) is 12.1 Å². The normalized spacial score (nSPS) is 23.0. The van der Waals surface area contributed by atoms with Crippen LogP contribution in [0.4, 0.5) is 27.2 Å². The van der Waals surface area contributed by atoms with Crippen LogP contribution in [0.15, 0.2) is 18.2 Å². The van der Waals surface area contributed by atoms with Crippen molar-refractivity contribution >= 4 is 12.2 Å². The van der Waals surface area contributed by atoms with Crippen molar-refractivity contribution in [1.82, 2.24) is 9.80 Å². The fourth-order valence-corrected chi connectivity index (χ4v) is 4.22. The second kappa shape index (κ2) is 7.07. The summed E-state index contributed by atoms with van der Waals surface area (Å²) in [5, 5.41) is 9.47. The van der Waals surface area contributed by atoms with Gasteiger partial charge in [0.2, 0.25) is 0 Å². The van der Waals surface area contributed by atoms with Crippen LogP contribution in [-0.2, 0) is 16.5 Å². The largest absolute Gasteiger partial charge is 0.465 e. The number of likely N-dealkylation sites (tertiary alicyclic amines) is 1. The predicted molar refractivity (Wildman–Crippen MR) is 93.8 cm³/mol. The van der Waals surface area contributed by atoms with E-state index in [1.165, 1.54) is 15.9 Å². The number of amides is 2. The van der Waals surface area contributed by atoms with Gasteiger partial charge in [0.1, 0.15) is 5.82 Å². The number of ether oxygens (including phenoxy) is 1. The van der Waals surface area contributed by atoms with E-state index in [0.717, 1.165) is 19.2 Å². The van der Waals surface area contributed by atoms with Crippen molar-refractivity contribution in [2.75, 3.05) is 20.2 Å². The number of carbonyl (C=O) groups is 2. The summed E-state index contributed by atoms with van der Waals surface area (Å²) in [4.78, 5) is 26.7. The molecular formula is C19H22F4N2O4. The van der Waals surface area contributed by atoms with Gasteiger partial charge in [0.15, 0.2) is 0 Å². The van der Waals surface area contributed by atoms with E-state index in [9.17, 15) is 32.3 Å². The molecule has 29 heavy (non-hydrogen) atoms. The number of carbonyl (C=O) groups excluding carboxylic acids is 1. The molecule has 0 aromatic heterocycles. The van der Waals surface area contributed by atoms with Crippen molar-refractivity contribution in [2.45, 2.75) is 49.9 Å². The number of halogens is 4. The lowest BCUT2D eigenvalue weighted by atomic mass is 9.94. The SMILES string of the molecule is COC(=O)N(C[C@]1(C)CCCN1C(=O)O)C1(c2ccc(F)c(C(F)(F)F)c2)CC1. The molecule has 0 spiro atoms. The first-order chi connectivity index (χ1) is 13.4. The zero-order valence-corrected chi connectivity index (χ0v) is 16.1. The van der Waals surface area contributed by atoms with Crippen molar-refractivity contribution in [3.8, 4) is 0 Å². The monoisotopic (exact) mass is 418 g/mol. The van der Waals surface area contributed by atoms with Crippen LogP contribution >= 0.6 is 0 Å². The van der Waals surface area contributed by atoms with E-state index in [1.807, 2.05) is 0 Å². The first kappa shape index (κ1) is 21.2. The molecule has 3 rings (SSSR count). The van der Waals surface area contributed by atoms with Gasteiger partial charge in [0.25, 0.3) is 0 Å². The summed E-state index contributed by atoms with van der Waals surface area (Å²) in [5.74, 6) is -1.39. The Bertz CT molecular complexity index is 825. The highest BCUT2D eigenvalue weighted by Gasteiger charge is 2.56. The van der Waals surface area contributed by atoms with Gasteiger partial charge in [-0.05, 0) is 50.3 Å². The number of nitrogens with zero attached hydrogens (tertiary/aromatic N) is 2. The minimum atomic E-state index is -4.87. The first-order valence-corrected chi connectivity index (χ1v) is 9.18. The highest BCUT2D eigenvalue weighted by molar-refractivity contribution is 5.71. The summed E-state index contributed by atoms with van der Waals surface area (Å²) in [6.07, 6.45) is -4.91. The van der Waals surface area contributed by atoms with Crippen LogP contribution in [0.1, 0.15) is 43.7 Å². The van der Waals surface area contributed by atoms with Crippen LogP contribution in [0.25, 0.3) is 0 Å². The molecule has 1 saturated heterocycles. The predicted octanol–water partition coefficient (Wildman–Crippen LogP) is 4.43. The number of benzene rings is 1. The quantitative estimate of drug-likeness (QED) is 0.735. The second-order valence-electron chi connectivity index (χ2n) is 7.81. The third-order valence-electron chi connectivity index (χ3n) is 5.92.